The first-order valence-electron chi connectivity index (χ1n) is 18.5. The molecule has 3 aromatic rings. The molecule has 0 aromatic heterocycles. The number of aliphatic hydroxyl groups excluding tert-OH is 1. The highest BCUT2D eigenvalue weighted by atomic mass is 28.4. The Morgan fingerprint density at radius 1 is 0.755 bits per heavy atom. The number of esters is 1. The van der Waals surface area contributed by atoms with Crippen LogP contribution in [0.25, 0.3) is 10.4 Å². The number of carbonyl (C=O) groups excluding carboxylic acids is 1. The molecule has 0 aliphatic heterocycles. The number of aliphatic hydroxyl groups is 1. The van der Waals surface area contributed by atoms with Crippen molar-refractivity contribution < 1.29 is 19.1 Å². The first-order valence-corrected chi connectivity index (χ1v) is 20.4. The molecule has 0 spiro atoms. The smallest absolute Gasteiger partial charge is 0.338 e. The normalized spacial score (nSPS) is 13.7. The predicted octanol–water partition coefficient (Wildman–Crippen LogP) is 9.92. The van der Waals surface area contributed by atoms with E-state index < -0.39 is 32.5 Å². The summed E-state index contributed by atoms with van der Waals surface area (Å²) in [7, 11) is -2.97. The lowest BCUT2D eigenvalue weighted by molar-refractivity contribution is -0.0359. The molecular formula is C41H59N3O4Si. The minimum Gasteiger partial charge on any atom is -0.456 e. The topological polar surface area (TPSA) is 105 Å². The van der Waals surface area contributed by atoms with Crippen molar-refractivity contribution in [3.05, 3.63) is 107 Å². The molecule has 3 atom stereocenters. The van der Waals surface area contributed by atoms with Gasteiger partial charge in [-0.2, -0.15) is 0 Å². The Hall–Kier alpha value is -3.42. The van der Waals surface area contributed by atoms with Crippen LogP contribution in [-0.4, -0.2) is 44.2 Å². The van der Waals surface area contributed by atoms with Crippen molar-refractivity contribution in [2.45, 2.75) is 134 Å². The highest BCUT2D eigenvalue weighted by Crippen LogP contribution is 2.37. The largest absolute Gasteiger partial charge is 0.456 e. The number of benzene rings is 3. The van der Waals surface area contributed by atoms with Crippen molar-refractivity contribution in [1.82, 2.24) is 0 Å². The Balaban J connectivity index is 1.74. The monoisotopic (exact) mass is 685 g/mol. The van der Waals surface area contributed by atoms with Crippen molar-refractivity contribution >= 4 is 24.7 Å². The lowest BCUT2D eigenvalue weighted by Gasteiger charge is -2.44. The fourth-order valence-corrected chi connectivity index (χ4v) is 11.3. The van der Waals surface area contributed by atoms with E-state index in [0.717, 1.165) is 29.6 Å². The van der Waals surface area contributed by atoms with Gasteiger partial charge in [-0.05, 0) is 45.9 Å². The zero-order chi connectivity index (χ0) is 35.4. The van der Waals surface area contributed by atoms with Crippen LogP contribution in [0.5, 0.6) is 0 Å². The fourth-order valence-electron chi connectivity index (χ4n) is 6.75. The summed E-state index contributed by atoms with van der Waals surface area (Å²) < 4.78 is 13.0. The maximum absolute atomic E-state index is 13.2. The summed E-state index contributed by atoms with van der Waals surface area (Å²) in [6.07, 6.45) is 12.9. The van der Waals surface area contributed by atoms with E-state index in [0.29, 0.717) is 12.0 Å². The zero-order valence-corrected chi connectivity index (χ0v) is 31.3. The Bertz CT molecular complexity index is 1340. The molecule has 0 aliphatic carbocycles. The molecule has 7 nitrogen and oxygen atoms in total. The molecular weight excluding hydrogens is 627 g/mol. The summed E-state index contributed by atoms with van der Waals surface area (Å²) in [6.45, 7) is 8.76. The number of carbonyl (C=O) groups is 1. The highest BCUT2D eigenvalue weighted by molar-refractivity contribution is 6.99. The van der Waals surface area contributed by atoms with Crippen LogP contribution >= 0.6 is 0 Å². The van der Waals surface area contributed by atoms with E-state index in [2.05, 4.69) is 62.0 Å². The quantitative estimate of drug-likeness (QED) is 0.0268. The van der Waals surface area contributed by atoms with Gasteiger partial charge in [0.05, 0.1) is 11.6 Å². The number of ether oxygens (including phenoxy) is 1. The van der Waals surface area contributed by atoms with Crippen LogP contribution in [0.1, 0.15) is 122 Å². The number of hydrogen-bond acceptors (Lipinski definition) is 5. The molecule has 8 heteroatoms. The lowest BCUT2D eigenvalue weighted by atomic mass is 9.99. The van der Waals surface area contributed by atoms with E-state index in [-0.39, 0.29) is 11.6 Å². The van der Waals surface area contributed by atoms with Crippen LogP contribution in [0.15, 0.2) is 96.1 Å². The van der Waals surface area contributed by atoms with Gasteiger partial charge in [-0.1, -0.05) is 182 Å². The van der Waals surface area contributed by atoms with Gasteiger partial charge in [-0.25, -0.2) is 4.79 Å². The van der Waals surface area contributed by atoms with Crippen LogP contribution in [0, 0.1) is 0 Å². The predicted molar refractivity (Wildman–Crippen MR) is 204 cm³/mol. The molecule has 0 saturated carbocycles. The molecule has 1 N–H and O–H groups in total. The van der Waals surface area contributed by atoms with E-state index in [9.17, 15) is 15.4 Å². The molecule has 0 saturated heterocycles. The van der Waals surface area contributed by atoms with Crippen LogP contribution < -0.4 is 10.4 Å². The second-order valence-electron chi connectivity index (χ2n) is 14.2. The summed E-state index contributed by atoms with van der Waals surface area (Å²) in [5.74, 6) is -0.504. The SMILES string of the molecule is CCCCCCCCCCCCCC[C@H](OC(=O)c1ccccc1)[C@H](O)[C@H](CO[Si](c1ccccc1)(c1ccccc1)C(C)(C)C)N=[N+]=[N-]. The van der Waals surface area contributed by atoms with Crippen LogP contribution in [-0.2, 0) is 9.16 Å². The van der Waals surface area contributed by atoms with E-state index in [4.69, 9.17) is 9.16 Å². The molecule has 0 bridgehead atoms. The number of nitrogens with zero attached hydrogens (tertiary/aromatic N) is 3. The number of azide groups is 1. The third kappa shape index (κ3) is 12.4. The third-order valence-corrected chi connectivity index (χ3v) is 14.5. The van der Waals surface area contributed by atoms with Crippen LogP contribution in [0.4, 0.5) is 0 Å². The average molecular weight is 686 g/mol. The molecule has 0 radical (unpaired) electrons. The summed E-state index contributed by atoms with van der Waals surface area (Å²) in [5, 5.41) is 17.7. The van der Waals surface area contributed by atoms with Gasteiger partial charge in [0.2, 0.25) is 0 Å². The highest BCUT2D eigenvalue weighted by Gasteiger charge is 2.50. The molecule has 0 heterocycles. The molecule has 0 aliphatic rings. The summed E-state index contributed by atoms with van der Waals surface area (Å²) in [4.78, 5) is 16.3. The van der Waals surface area contributed by atoms with Crippen molar-refractivity contribution in [1.29, 1.82) is 0 Å². The number of hydrogen-bond donors (Lipinski definition) is 1. The van der Waals surface area contributed by atoms with E-state index in [1.54, 1.807) is 24.3 Å². The van der Waals surface area contributed by atoms with Gasteiger partial charge in [0.1, 0.15) is 12.2 Å². The third-order valence-electron chi connectivity index (χ3n) is 9.47. The van der Waals surface area contributed by atoms with Gasteiger partial charge in [0.25, 0.3) is 8.32 Å². The maximum atomic E-state index is 13.2. The van der Waals surface area contributed by atoms with Crippen molar-refractivity contribution in [2.24, 2.45) is 5.11 Å². The van der Waals surface area contributed by atoms with Crippen molar-refractivity contribution in [3.8, 4) is 0 Å². The molecule has 3 aromatic carbocycles. The molecule has 49 heavy (non-hydrogen) atoms. The van der Waals surface area contributed by atoms with Crippen molar-refractivity contribution in [3.63, 3.8) is 0 Å². The van der Waals surface area contributed by atoms with Crippen LogP contribution in [0.3, 0.4) is 0 Å². The van der Waals surface area contributed by atoms with Gasteiger partial charge in [0, 0.05) is 11.5 Å². The van der Waals surface area contributed by atoms with Crippen molar-refractivity contribution in [2.75, 3.05) is 6.61 Å². The van der Waals surface area contributed by atoms with Gasteiger partial charge >= 0.3 is 5.97 Å². The first kappa shape index (κ1) is 40.0. The average Bonchev–Trinajstić information content (AvgIpc) is 3.11. The number of unbranched alkanes of at least 4 members (excludes halogenated alkanes) is 11. The van der Waals surface area contributed by atoms with Gasteiger partial charge in [0.15, 0.2) is 0 Å². The summed E-state index contributed by atoms with van der Waals surface area (Å²) >= 11 is 0. The second-order valence-corrected chi connectivity index (χ2v) is 18.5. The minimum absolute atomic E-state index is 0.0175. The molecule has 0 amide bonds. The second kappa shape index (κ2) is 21.6. The molecule has 0 fully saturated rings. The molecule has 266 valence electrons. The Morgan fingerprint density at radius 2 is 1.20 bits per heavy atom. The van der Waals surface area contributed by atoms with Crippen LogP contribution in [0.2, 0.25) is 5.04 Å². The van der Waals surface area contributed by atoms with Gasteiger partial charge in [-0.3, -0.25) is 0 Å². The Kier molecular flexibility index (Phi) is 17.7. The summed E-state index contributed by atoms with van der Waals surface area (Å²) in [5.41, 5.74) is 10.0. The number of rotatable bonds is 23. The van der Waals surface area contributed by atoms with E-state index in [1.165, 1.54) is 57.8 Å². The standard InChI is InChI=1S/C41H59N3O4Si/c1-5-6-7-8-9-10-11-12-13-14-15-25-32-38(48-40(46)34-26-19-16-20-27-34)39(45)37(43-44-42)33-47-49(41(2,3)4,35-28-21-17-22-29-35)36-30-23-18-24-31-36/h16-24,26-31,37-39,45H,5-15,25,32-33H2,1-4H3/t37-,38-,39+/m0/s1. The zero-order valence-electron chi connectivity index (χ0n) is 30.3. The summed E-state index contributed by atoms with van der Waals surface area (Å²) in [6, 6.07) is 28.3. The molecule has 0 unspecified atom stereocenters. The van der Waals surface area contributed by atoms with Gasteiger partial charge < -0.3 is 14.3 Å². The maximum Gasteiger partial charge on any atom is 0.338 e. The minimum atomic E-state index is -2.97. The fraction of sp³-hybridized carbons (Fsp3) is 0.537. The van der Waals surface area contributed by atoms with E-state index >= 15 is 0 Å². The first-order chi connectivity index (χ1) is 23.7. The molecule has 3 rings (SSSR count). The Labute approximate surface area is 296 Å². The van der Waals surface area contributed by atoms with Gasteiger partial charge in [-0.15, -0.1) is 0 Å². The van der Waals surface area contributed by atoms with E-state index in [1.807, 2.05) is 42.5 Å². The Morgan fingerprint density at radius 3 is 1.65 bits per heavy atom. The lowest BCUT2D eigenvalue weighted by Crippen LogP contribution is -2.67.